The van der Waals surface area contributed by atoms with Crippen LogP contribution >= 0.6 is 0 Å². The first-order valence-electron chi connectivity index (χ1n) is 7.38. The first-order valence-corrected chi connectivity index (χ1v) is 7.38. The van der Waals surface area contributed by atoms with Crippen molar-refractivity contribution < 1.29 is 14.2 Å². The van der Waals surface area contributed by atoms with Gasteiger partial charge in [-0.05, 0) is 33.2 Å². The lowest BCUT2D eigenvalue weighted by atomic mass is 10.1. The lowest BCUT2D eigenvalue weighted by molar-refractivity contribution is 0.0322. The molecule has 0 aromatic rings. The third-order valence-corrected chi connectivity index (χ3v) is 3.07. The van der Waals surface area contributed by atoms with Crippen LogP contribution in [-0.4, -0.2) is 70.7 Å². The molecule has 1 atom stereocenters. The van der Waals surface area contributed by atoms with Crippen molar-refractivity contribution in [1.82, 2.24) is 4.90 Å². The van der Waals surface area contributed by atoms with Crippen molar-refractivity contribution in [2.24, 2.45) is 5.73 Å². The number of nitrogens with two attached hydrogens (primary N) is 1. The summed E-state index contributed by atoms with van der Waals surface area (Å²) in [5.74, 6) is 0. The van der Waals surface area contributed by atoms with Crippen LogP contribution in [0.1, 0.15) is 26.7 Å². The van der Waals surface area contributed by atoms with Crippen LogP contribution < -0.4 is 5.73 Å². The molecule has 5 heteroatoms. The van der Waals surface area contributed by atoms with E-state index >= 15 is 0 Å². The fourth-order valence-corrected chi connectivity index (χ4v) is 2.05. The molecule has 116 valence electrons. The van der Waals surface area contributed by atoms with Crippen molar-refractivity contribution in [2.75, 3.05) is 59.8 Å². The van der Waals surface area contributed by atoms with Crippen LogP contribution in [0.5, 0.6) is 0 Å². The van der Waals surface area contributed by atoms with Gasteiger partial charge in [-0.2, -0.15) is 0 Å². The quantitative estimate of drug-likeness (QED) is 0.482. The Balaban J connectivity index is 4.25. The fourth-order valence-electron chi connectivity index (χ4n) is 2.05. The second-order valence-corrected chi connectivity index (χ2v) is 4.47. The van der Waals surface area contributed by atoms with Crippen molar-refractivity contribution >= 4 is 0 Å². The maximum absolute atomic E-state index is 5.61. The van der Waals surface area contributed by atoms with Gasteiger partial charge >= 0.3 is 0 Å². The van der Waals surface area contributed by atoms with Gasteiger partial charge in [0.25, 0.3) is 0 Å². The molecule has 0 aromatic heterocycles. The van der Waals surface area contributed by atoms with Gasteiger partial charge in [-0.15, -0.1) is 0 Å². The van der Waals surface area contributed by atoms with Gasteiger partial charge in [0.1, 0.15) is 0 Å². The van der Waals surface area contributed by atoms with E-state index in [-0.39, 0.29) is 0 Å². The Labute approximate surface area is 118 Å². The Morgan fingerprint density at radius 3 is 2.05 bits per heavy atom. The average Bonchev–Trinajstić information content (AvgIpc) is 2.42. The Kier molecular flexibility index (Phi) is 14.1. The first-order chi connectivity index (χ1) is 9.29. The van der Waals surface area contributed by atoms with Crippen molar-refractivity contribution in [2.45, 2.75) is 32.7 Å². The molecule has 0 heterocycles. The average molecular weight is 276 g/mol. The molecule has 5 nitrogen and oxygen atoms in total. The Hall–Kier alpha value is -0.200. The van der Waals surface area contributed by atoms with Crippen molar-refractivity contribution in [3.05, 3.63) is 0 Å². The number of hydrogen-bond donors (Lipinski definition) is 1. The third-order valence-electron chi connectivity index (χ3n) is 3.07. The molecule has 0 aliphatic heterocycles. The van der Waals surface area contributed by atoms with E-state index in [1.807, 2.05) is 13.8 Å². The smallest absolute Gasteiger partial charge is 0.0618 e. The predicted molar refractivity (Wildman–Crippen MR) is 78.5 cm³/mol. The molecular weight excluding hydrogens is 244 g/mol. The zero-order valence-electron chi connectivity index (χ0n) is 12.9. The summed E-state index contributed by atoms with van der Waals surface area (Å²) in [7, 11) is 1.75. The molecular formula is C14H32N2O3. The van der Waals surface area contributed by atoms with Gasteiger partial charge in [0.05, 0.1) is 19.8 Å². The molecule has 0 fully saturated rings. The van der Waals surface area contributed by atoms with Gasteiger partial charge in [0.2, 0.25) is 0 Å². The lowest BCUT2D eigenvalue weighted by Crippen LogP contribution is -2.42. The van der Waals surface area contributed by atoms with E-state index < -0.39 is 0 Å². The maximum Gasteiger partial charge on any atom is 0.0618 e. The normalized spacial score (nSPS) is 13.1. The van der Waals surface area contributed by atoms with E-state index in [9.17, 15) is 0 Å². The van der Waals surface area contributed by atoms with Crippen LogP contribution in [-0.2, 0) is 14.2 Å². The van der Waals surface area contributed by atoms with E-state index in [1.165, 1.54) is 0 Å². The van der Waals surface area contributed by atoms with E-state index in [0.29, 0.717) is 6.04 Å². The molecule has 0 rings (SSSR count). The standard InChI is InChI=1S/C14H32N2O3/c1-4-18-11-9-16(10-12-19-5-2)14(13-17-3)7-6-8-15/h14H,4-13,15H2,1-3H3. The minimum atomic E-state index is 0.398. The van der Waals surface area contributed by atoms with E-state index in [1.54, 1.807) is 7.11 Å². The van der Waals surface area contributed by atoms with Crippen LogP contribution in [0.2, 0.25) is 0 Å². The summed E-state index contributed by atoms with van der Waals surface area (Å²) in [6.07, 6.45) is 2.08. The molecule has 0 aromatic carbocycles. The van der Waals surface area contributed by atoms with Gasteiger partial charge in [0, 0.05) is 39.5 Å². The molecule has 1 unspecified atom stereocenters. The first kappa shape index (κ1) is 18.8. The molecule has 0 saturated carbocycles. The molecule has 19 heavy (non-hydrogen) atoms. The highest BCUT2D eigenvalue weighted by atomic mass is 16.5. The van der Waals surface area contributed by atoms with Crippen LogP contribution in [0, 0.1) is 0 Å². The predicted octanol–water partition coefficient (Wildman–Crippen LogP) is 1.12. The number of rotatable bonds is 14. The summed E-state index contributed by atoms with van der Waals surface area (Å²) < 4.78 is 16.2. The largest absolute Gasteiger partial charge is 0.383 e. The summed E-state index contributed by atoms with van der Waals surface area (Å²) in [5.41, 5.74) is 5.61. The summed E-state index contributed by atoms with van der Waals surface area (Å²) in [6.45, 7) is 10.4. The highest BCUT2D eigenvalue weighted by Gasteiger charge is 2.17. The number of methoxy groups -OCH3 is 1. The van der Waals surface area contributed by atoms with Gasteiger partial charge < -0.3 is 19.9 Å². The van der Waals surface area contributed by atoms with Gasteiger partial charge in [0.15, 0.2) is 0 Å². The molecule has 2 N–H and O–H groups in total. The lowest BCUT2D eigenvalue weighted by Gasteiger charge is -2.31. The monoisotopic (exact) mass is 276 g/mol. The fraction of sp³-hybridized carbons (Fsp3) is 1.00. The van der Waals surface area contributed by atoms with Crippen LogP contribution in [0.25, 0.3) is 0 Å². The number of nitrogens with zero attached hydrogens (tertiary/aromatic N) is 1. The van der Waals surface area contributed by atoms with Crippen molar-refractivity contribution in [3.63, 3.8) is 0 Å². The zero-order chi connectivity index (χ0) is 14.3. The number of hydrogen-bond acceptors (Lipinski definition) is 5. The Bertz CT molecular complexity index is 172. The summed E-state index contributed by atoms with van der Waals surface area (Å²) in [5, 5.41) is 0. The molecule has 0 bridgehead atoms. The van der Waals surface area contributed by atoms with E-state index in [2.05, 4.69) is 4.90 Å². The summed E-state index contributed by atoms with van der Waals surface area (Å²) >= 11 is 0. The Morgan fingerprint density at radius 1 is 1.05 bits per heavy atom. The SMILES string of the molecule is CCOCCN(CCOCC)C(CCCN)COC. The van der Waals surface area contributed by atoms with Crippen molar-refractivity contribution in [3.8, 4) is 0 Å². The minimum absolute atomic E-state index is 0.398. The minimum Gasteiger partial charge on any atom is -0.383 e. The van der Waals surface area contributed by atoms with Crippen LogP contribution in [0.3, 0.4) is 0 Å². The molecule has 0 aliphatic carbocycles. The van der Waals surface area contributed by atoms with Crippen LogP contribution in [0.15, 0.2) is 0 Å². The number of ether oxygens (including phenoxy) is 3. The second-order valence-electron chi connectivity index (χ2n) is 4.47. The summed E-state index contributed by atoms with van der Waals surface area (Å²) in [6, 6.07) is 0.398. The highest BCUT2D eigenvalue weighted by molar-refractivity contribution is 4.72. The van der Waals surface area contributed by atoms with Gasteiger partial charge in [-0.25, -0.2) is 0 Å². The maximum atomic E-state index is 5.61. The highest BCUT2D eigenvalue weighted by Crippen LogP contribution is 2.08. The van der Waals surface area contributed by atoms with E-state index in [4.69, 9.17) is 19.9 Å². The molecule has 0 spiro atoms. The van der Waals surface area contributed by atoms with Gasteiger partial charge in [-0.3, -0.25) is 4.90 Å². The third kappa shape index (κ3) is 10.3. The molecule has 0 saturated heterocycles. The second kappa shape index (κ2) is 14.2. The van der Waals surface area contributed by atoms with Crippen molar-refractivity contribution in [1.29, 1.82) is 0 Å². The molecule has 0 radical (unpaired) electrons. The van der Waals surface area contributed by atoms with Gasteiger partial charge in [-0.1, -0.05) is 0 Å². The van der Waals surface area contributed by atoms with Crippen LogP contribution in [0.4, 0.5) is 0 Å². The zero-order valence-corrected chi connectivity index (χ0v) is 12.9. The topological polar surface area (TPSA) is 57.0 Å². The molecule has 0 aliphatic rings. The molecule has 0 amide bonds. The summed E-state index contributed by atoms with van der Waals surface area (Å²) in [4.78, 5) is 2.39. The Morgan fingerprint density at radius 2 is 1.63 bits per heavy atom. The van der Waals surface area contributed by atoms with E-state index in [0.717, 1.165) is 65.5 Å².